The van der Waals surface area contributed by atoms with Gasteiger partial charge in [-0.25, -0.2) is 4.79 Å². The quantitative estimate of drug-likeness (QED) is 0.785. The van der Waals surface area contributed by atoms with Crippen molar-refractivity contribution in [2.24, 2.45) is 0 Å². The average Bonchev–Trinajstić information content (AvgIpc) is 2.97. The number of carbonyl (C=O) groups is 2. The van der Waals surface area contributed by atoms with E-state index in [1.807, 2.05) is 26.8 Å². The van der Waals surface area contributed by atoms with Crippen LogP contribution in [0.15, 0.2) is 18.3 Å². The number of nitrogens with zero attached hydrogens (tertiary/aromatic N) is 4. The minimum atomic E-state index is -0.250. The molecule has 0 aromatic carbocycles. The van der Waals surface area contributed by atoms with E-state index in [0.717, 1.165) is 22.7 Å². The Kier molecular flexibility index (Phi) is 8.48. The number of amides is 2. The van der Waals surface area contributed by atoms with Crippen LogP contribution in [0.4, 0.5) is 4.79 Å². The van der Waals surface area contributed by atoms with E-state index in [9.17, 15) is 4.79 Å². The Bertz CT molecular complexity index is 692. The summed E-state index contributed by atoms with van der Waals surface area (Å²) >= 11 is 1.31. The molecule has 2 aromatic heterocycles. The normalized spacial score (nSPS) is 11.0. The van der Waals surface area contributed by atoms with Gasteiger partial charge in [-0.2, -0.15) is 0 Å². The van der Waals surface area contributed by atoms with E-state index in [1.54, 1.807) is 18.1 Å². The maximum Gasteiger partial charge on any atom is 0.317 e. The van der Waals surface area contributed by atoms with Crippen molar-refractivity contribution in [2.75, 3.05) is 7.05 Å². The first-order valence-electron chi connectivity index (χ1n) is 7.66. The van der Waals surface area contributed by atoms with Gasteiger partial charge in [-0.15, -0.1) is 5.10 Å². The van der Waals surface area contributed by atoms with Crippen LogP contribution in [-0.2, 0) is 17.8 Å². The molecule has 0 fully saturated rings. The van der Waals surface area contributed by atoms with Crippen molar-refractivity contribution in [2.45, 2.75) is 39.8 Å². The highest BCUT2D eigenvalue weighted by Gasteiger charge is 2.17. The Morgan fingerprint density at radius 3 is 2.72 bits per heavy atom. The second kappa shape index (κ2) is 10.3. The minimum absolute atomic E-state index is 0.0648. The van der Waals surface area contributed by atoms with Crippen LogP contribution < -0.4 is 5.32 Å². The Labute approximate surface area is 151 Å². The van der Waals surface area contributed by atoms with Crippen molar-refractivity contribution in [3.8, 4) is 0 Å². The molecule has 2 rings (SSSR count). The molecule has 0 saturated carbocycles. The van der Waals surface area contributed by atoms with Crippen molar-refractivity contribution in [3.63, 3.8) is 0 Å². The second-order valence-electron chi connectivity index (χ2n) is 5.53. The highest BCUT2D eigenvalue weighted by molar-refractivity contribution is 7.05. The third kappa shape index (κ3) is 6.84. The van der Waals surface area contributed by atoms with Crippen LogP contribution in [0.2, 0.25) is 0 Å². The monoisotopic (exact) mass is 365 g/mol. The second-order valence-corrected chi connectivity index (χ2v) is 6.37. The number of rotatable bonds is 5. The first-order valence-corrected chi connectivity index (χ1v) is 8.44. The summed E-state index contributed by atoms with van der Waals surface area (Å²) in [5.74, 6) is 0. The number of urea groups is 1. The fourth-order valence-electron chi connectivity index (χ4n) is 2.04. The summed E-state index contributed by atoms with van der Waals surface area (Å²) < 4.78 is 3.86. The molecule has 0 spiro atoms. The summed E-state index contributed by atoms with van der Waals surface area (Å²) in [5, 5.41) is 13.7. The molecule has 1 atom stereocenters. The van der Waals surface area contributed by atoms with Gasteiger partial charge < -0.3 is 15.3 Å². The molecule has 0 aliphatic rings. The number of aromatic nitrogens is 3. The zero-order chi connectivity index (χ0) is 18.8. The van der Waals surface area contributed by atoms with Gasteiger partial charge in [-0.05, 0) is 50.0 Å². The lowest BCUT2D eigenvalue weighted by atomic mass is 10.1. The van der Waals surface area contributed by atoms with Gasteiger partial charge in [-0.1, -0.05) is 4.49 Å². The highest BCUT2D eigenvalue weighted by atomic mass is 32.1. The van der Waals surface area contributed by atoms with Crippen LogP contribution in [0.5, 0.6) is 0 Å². The molecule has 136 valence electrons. The van der Waals surface area contributed by atoms with E-state index in [2.05, 4.69) is 26.0 Å². The number of carboxylic acid groups (broad SMARTS) is 1. The molecule has 0 saturated heterocycles. The van der Waals surface area contributed by atoms with Crippen LogP contribution in [0.25, 0.3) is 0 Å². The molecule has 0 aliphatic carbocycles. The molecule has 25 heavy (non-hydrogen) atoms. The summed E-state index contributed by atoms with van der Waals surface area (Å²) in [6.45, 7) is 6.16. The molecule has 0 radical (unpaired) electrons. The molecule has 2 N–H and O–H groups in total. The van der Waals surface area contributed by atoms with Gasteiger partial charge in [0.05, 0.1) is 17.1 Å². The Balaban J connectivity index is 0.000000970. The zero-order valence-corrected chi connectivity index (χ0v) is 15.6. The third-order valence-corrected chi connectivity index (χ3v) is 4.43. The SMILES string of the molecule is Cc1ccnc(CC(C)N(C)C(=O)NCc2snnc2C)c1.O=CO. The van der Waals surface area contributed by atoms with Gasteiger partial charge in [0.1, 0.15) is 0 Å². The molecule has 0 aliphatic heterocycles. The number of aryl methyl sites for hydroxylation is 2. The molecular formula is C16H23N5O3S. The van der Waals surface area contributed by atoms with Crippen LogP contribution in [0.3, 0.4) is 0 Å². The van der Waals surface area contributed by atoms with Gasteiger partial charge in [0, 0.05) is 31.4 Å². The Morgan fingerprint density at radius 2 is 2.16 bits per heavy atom. The number of pyridine rings is 1. The van der Waals surface area contributed by atoms with E-state index in [1.165, 1.54) is 17.1 Å². The minimum Gasteiger partial charge on any atom is -0.483 e. The number of carbonyl (C=O) groups excluding carboxylic acids is 1. The molecule has 2 aromatic rings. The molecule has 8 nitrogen and oxygen atoms in total. The van der Waals surface area contributed by atoms with Crippen molar-refractivity contribution >= 4 is 24.0 Å². The highest BCUT2D eigenvalue weighted by Crippen LogP contribution is 2.10. The number of hydrogen-bond acceptors (Lipinski definition) is 6. The van der Waals surface area contributed by atoms with Crippen molar-refractivity contribution in [3.05, 3.63) is 40.2 Å². The molecule has 2 amide bonds. The third-order valence-electron chi connectivity index (χ3n) is 3.60. The topological polar surface area (TPSA) is 108 Å². The van der Waals surface area contributed by atoms with E-state index in [-0.39, 0.29) is 18.5 Å². The average molecular weight is 365 g/mol. The van der Waals surface area contributed by atoms with E-state index in [0.29, 0.717) is 6.54 Å². The largest absolute Gasteiger partial charge is 0.483 e. The Hall–Kier alpha value is -2.55. The predicted octanol–water partition coefficient (Wildman–Crippen LogP) is 2.02. The number of nitrogens with one attached hydrogen (secondary N) is 1. The standard InChI is InChI=1S/C15H21N5OS.CH2O2/c1-10-5-6-16-13(7-10)8-11(2)20(4)15(21)17-9-14-12(3)18-19-22-14;2-1-3/h5-7,11H,8-9H2,1-4H3,(H,17,21);1H,(H,2,3). The van der Waals surface area contributed by atoms with Crippen LogP contribution in [-0.4, -0.2) is 50.2 Å². The molecule has 2 heterocycles. The summed E-state index contributed by atoms with van der Waals surface area (Å²) in [7, 11) is 1.80. The fourth-order valence-corrected chi connectivity index (χ4v) is 2.62. The maximum absolute atomic E-state index is 12.2. The lowest BCUT2D eigenvalue weighted by Crippen LogP contribution is -2.43. The molecule has 9 heteroatoms. The molecule has 0 bridgehead atoms. The van der Waals surface area contributed by atoms with Crippen LogP contribution >= 0.6 is 11.5 Å². The molecule has 1 unspecified atom stereocenters. The molecular weight excluding hydrogens is 342 g/mol. The lowest BCUT2D eigenvalue weighted by molar-refractivity contribution is -0.122. The van der Waals surface area contributed by atoms with E-state index >= 15 is 0 Å². The fraction of sp³-hybridized carbons (Fsp3) is 0.438. The van der Waals surface area contributed by atoms with Gasteiger partial charge in [0.2, 0.25) is 0 Å². The first-order chi connectivity index (χ1) is 11.9. The summed E-state index contributed by atoms with van der Waals surface area (Å²) in [5.41, 5.74) is 3.04. The predicted molar refractivity (Wildman–Crippen MR) is 95.5 cm³/mol. The van der Waals surface area contributed by atoms with Crippen LogP contribution in [0.1, 0.15) is 28.8 Å². The first kappa shape index (κ1) is 20.5. The van der Waals surface area contributed by atoms with Crippen molar-refractivity contribution in [1.82, 2.24) is 24.8 Å². The zero-order valence-electron chi connectivity index (χ0n) is 14.8. The smallest absolute Gasteiger partial charge is 0.317 e. The van der Waals surface area contributed by atoms with Crippen molar-refractivity contribution in [1.29, 1.82) is 0 Å². The van der Waals surface area contributed by atoms with Gasteiger partial charge in [0.15, 0.2) is 0 Å². The lowest BCUT2D eigenvalue weighted by Gasteiger charge is -2.25. The number of hydrogen-bond donors (Lipinski definition) is 2. The van der Waals surface area contributed by atoms with Crippen molar-refractivity contribution < 1.29 is 14.7 Å². The van der Waals surface area contributed by atoms with Gasteiger partial charge in [0.25, 0.3) is 6.47 Å². The summed E-state index contributed by atoms with van der Waals surface area (Å²) in [6, 6.07) is 3.98. The van der Waals surface area contributed by atoms with E-state index < -0.39 is 0 Å². The van der Waals surface area contributed by atoms with Gasteiger partial charge in [-0.3, -0.25) is 9.78 Å². The Morgan fingerprint density at radius 1 is 1.48 bits per heavy atom. The summed E-state index contributed by atoms with van der Waals surface area (Å²) in [6.07, 6.45) is 2.53. The van der Waals surface area contributed by atoms with E-state index in [4.69, 9.17) is 9.90 Å². The number of likely N-dealkylation sites (N-methyl/N-ethyl adjacent to an activating group) is 1. The van der Waals surface area contributed by atoms with Gasteiger partial charge >= 0.3 is 6.03 Å². The van der Waals surface area contributed by atoms with Crippen LogP contribution in [0, 0.1) is 13.8 Å². The summed E-state index contributed by atoms with van der Waals surface area (Å²) in [4.78, 5) is 27.6. The maximum atomic E-state index is 12.2.